The summed E-state index contributed by atoms with van der Waals surface area (Å²) in [5.41, 5.74) is 1.28. The van der Waals surface area contributed by atoms with E-state index in [1.54, 1.807) is 22.8 Å². The Bertz CT molecular complexity index is 907. The van der Waals surface area contributed by atoms with E-state index in [0.29, 0.717) is 33.9 Å². The summed E-state index contributed by atoms with van der Waals surface area (Å²) in [6.45, 7) is 2.72. The number of hydrogen-bond donors (Lipinski definition) is 0. The van der Waals surface area contributed by atoms with Gasteiger partial charge in [0.2, 0.25) is 0 Å². The van der Waals surface area contributed by atoms with E-state index < -0.39 is 0 Å². The van der Waals surface area contributed by atoms with Crippen LogP contribution in [0.3, 0.4) is 0 Å². The Morgan fingerprint density at radius 1 is 1.12 bits per heavy atom. The van der Waals surface area contributed by atoms with Gasteiger partial charge in [-0.15, -0.1) is 0 Å². The Morgan fingerprint density at radius 2 is 1.88 bits per heavy atom. The van der Waals surface area contributed by atoms with E-state index in [4.69, 9.17) is 0 Å². The van der Waals surface area contributed by atoms with Crippen molar-refractivity contribution in [2.75, 3.05) is 0 Å². The fourth-order valence-corrected chi connectivity index (χ4v) is 3.54. The molecule has 1 heterocycles. The second-order valence-corrected chi connectivity index (χ2v) is 6.54. The third-order valence-corrected chi connectivity index (χ3v) is 4.90. The molecule has 0 N–H and O–H groups in total. The molecule has 0 radical (unpaired) electrons. The number of benzene rings is 2. The Morgan fingerprint density at radius 3 is 2.67 bits per heavy atom. The Kier molecular flexibility index (Phi) is 5.30. The first kappa shape index (κ1) is 16.7. The van der Waals surface area contributed by atoms with Crippen LogP contribution in [0, 0.1) is 5.82 Å². The van der Waals surface area contributed by atoms with Crippen LogP contribution in [0.4, 0.5) is 4.39 Å². The quantitative estimate of drug-likeness (QED) is 0.484. The smallest absolute Gasteiger partial charge is 0.262 e. The predicted octanol–water partition coefficient (Wildman–Crippen LogP) is 4.63. The summed E-state index contributed by atoms with van der Waals surface area (Å²) in [5, 5.41) is 1.28. The molecule has 0 fully saturated rings. The number of rotatable bonds is 6. The van der Waals surface area contributed by atoms with Gasteiger partial charge in [0.05, 0.1) is 10.9 Å². The van der Waals surface area contributed by atoms with E-state index in [9.17, 15) is 9.18 Å². The largest absolute Gasteiger partial charge is 0.287 e. The summed E-state index contributed by atoms with van der Waals surface area (Å²) in [5.74, 6) is 0.220. The van der Waals surface area contributed by atoms with Crippen molar-refractivity contribution in [3.05, 3.63) is 70.3 Å². The van der Waals surface area contributed by atoms with Gasteiger partial charge in [-0.3, -0.25) is 9.36 Å². The van der Waals surface area contributed by atoms with Gasteiger partial charge in [0.25, 0.3) is 5.56 Å². The van der Waals surface area contributed by atoms with Gasteiger partial charge in [-0.1, -0.05) is 55.4 Å². The minimum absolute atomic E-state index is 0.0231. The fraction of sp³-hybridized carbons (Fsp3) is 0.263. The zero-order valence-corrected chi connectivity index (χ0v) is 14.4. The van der Waals surface area contributed by atoms with E-state index in [1.165, 1.54) is 17.8 Å². The van der Waals surface area contributed by atoms with Crippen molar-refractivity contribution in [2.24, 2.45) is 0 Å². The minimum atomic E-state index is -0.228. The molecule has 0 aliphatic carbocycles. The van der Waals surface area contributed by atoms with Gasteiger partial charge in [0, 0.05) is 12.3 Å². The van der Waals surface area contributed by atoms with Gasteiger partial charge >= 0.3 is 0 Å². The lowest BCUT2D eigenvalue weighted by atomic mass is 10.2. The maximum Gasteiger partial charge on any atom is 0.262 e. The highest BCUT2D eigenvalue weighted by molar-refractivity contribution is 7.98. The molecule has 2 aromatic carbocycles. The third kappa shape index (κ3) is 3.51. The summed E-state index contributed by atoms with van der Waals surface area (Å²) in [4.78, 5) is 17.4. The van der Waals surface area contributed by atoms with E-state index in [-0.39, 0.29) is 11.4 Å². The molecule has 0 saturated carbocycles. The van der Waals surface area contributed by atoms with Crippen LogP contribution in [-0.4, -0.2) is 9.55 Å². The number of aromatic nitrogens is 2. The van der Waals surface area contributed by atoms with Crippen molar-refractivity contribution in [1.29, 1.82) is 0 Å². The van der Waals surface area contributed by atoms with Gasteiger partial charge in [0.1, 0.15) is 5.82 Å². The SMILES string of the molecule is CCCCn1c(SCc2ccccc2F)nc2ccccc2c1=O. The summed E-state index contributed by atoms with van der Waals surface area (Å²) in [6.07, 6.45) is 1.91. The molecular formula is C19H19FN2OS. The van der Waals surface area contributed by atoms with Gasteiger partial charge in [-0.25, -0.2) is 9.37 Å². The lowest BCUT2D eigenvalue weighted by molar-refractivity contribution is 0.557. The van der Waals surface area contributed by atoms with Crippen LogP contribution in [-0.2, 0) is 12.3 Å². The van der Waals surface area contributed by atoms with Crippen molar-refractivity contribution in [3.8, 4) is 0 Å². The zero-order chi connectivity index (χ0) is 16.9. The van der Waals surface area contributed by atoms with E-state index in [2.05, 4.69) is 11.9 Å². The van der Waals surface area contributed by atoms with Crippen molar-refractivity contribution >= 4 is 22.7 Å². The van der Waals surface area contributed by atoms with Gasteiger partial charge in [0.15, 0.2) is 5.16 Å². The number of para-hydroxylation sites is 1. The zero-order valence-electron chi connectivity index (χ0n) is 13.5. The number of nitrogens with zero attached hydrogens (tertiary/aromatic N) is 2. The van der Waals surface area contributed by atoms with E-state index in [0.717, 1.165) is 12.8 Å². The fourth-order valence-electron chi connectivity index (χ4n) is 2.53. The maximum absolute atomic E-state index is 13.8. The number of halogens is 1. The van der Waals surface area contributed by atoms with Gasteiger partial charge < -0.3 is 0 Å². The molecule has 3 rings (SSSR count). The molecule has 1 aromatic heterocycles. The van der Waals surface area contributed by atoms with Gasteiger partial charge in [-0.2, -0.15) is 0 Å². The highest BCUT2D eigenvalue weighted by Crippen LogP contribution is 2.23. The molecule has 0 aliphatic rings. The van der Waals surface area contributed by atoms with Crippen LogP contribution >= 0.6 is 11.8 Å². The van der Waals surface area contributed by atoms with E-state index in [1.807, 2.05) is 24.3 Å². The Labute approximate surface area is 144 Å². The van der Waals surface area contributed by atoms with Crippen LogP contribution < -0.4 is 5.56 Å². The standard InChI is InChI=1S/C19H19FN2OS/c1-2-3-12-22-18(23)15-9-5-7-11-17(15)21-19(22)24-13-14-8-4-6-10-16(14)20/h4-11H,2-3,12-13H2,1H3. The number of unbranched alkanes of at least 4 members (excludes halogenated alkanes) is 1. The molecule has 0 bridgehead atoms. The van der Waals surface area contributed by atoms with Crippen molar-refractivity contribution in [1.82, 2.24) is 9.55 Å². The Hall–Kier alpha value is -2.14. The lowest BCUT2D eigenvalue weighted by Gasteiger charge is -2.13. The minimum Gasteiger partial charge on any atom is -0.287 e. The normalized spacial score (nSPS) is 11.1. The van der Waals surface area contributed by atoms with Crippen LogP contribution in [0.25, 0.3) is 10.9 Å². The van der Waals surface area contributed by atoms with Crippen LogP contribution in [0.1, 0.15) is 25.3 Å². The van der Waals surface area contributed by atoms with Crippen molar-refractivity contribution < 1.29 is 4.39 Å². The van der Waals surface area contributed by atoms with Crippen LogP contribution in [0.15, 0.2) is 58.5 Å². The second-order valence-electron chi connectivity index (χ2n) is 5.60. The maximum atomic E-state index is 13.8. The average Bonchev–Trinajstić information content (AvgIpc) is 2.60. The molecule has 124 valence electrons. The molecule has 3 aromatic rings. The lowest BCUT2D eigenvalue weighted by Crippen LogP contribution is -2.23. The highest BCUT2D eigenvalue weighted by Gasteiger charge is 2.12. The number of thioether (sulfide) groups is 1. The van der Waals surface area contributed by atoms with Crippen molar-refractivity contribution in [3.63, 3.8) is 0 Å². The first-order valence-corrected chi connectivity index (χ1v) is 9.05. The summed E-state index contributed by atoms with van der Waals surface area (Å²) < 4.78 is 15.5. The first-order valence-electron chi connectivity index (χ1n) is 8.06. The number of fused-ring (bicyclic) bond motifs is 1. The molecular weight excluding hydrogens is 323 g/mol. The van der Waals surface area contributed by atoms with Crippen LogP contribution in [0.5, 0.6) is 0 Å². The molecule has 0 saturated heterocycles. The van der Waals surface area contributed by atoms with Gasteiger partial charge in [-0.05, 0) is 30.2 Å². The molecule has 24 heavy (non-hydrogen) atoms. The monoisotopic (exact) mass is 342 g/mol. The molecule has 0 aliphatic heterocycles. The van der Waals surface area contributed by atoms with Crippen molar-refractivity contribution in [2.45, 2.75) is 37.2 Å². The summed E-state index contributed by atoms with van der Waals surface area (Å²) >= 11 is 1.41. The predicted molar refractivity (Wildman–Crippen MR) is 96.9 cm³/mol. The summed E-state index contributed by atoms with van der Waals surface area (Å²) in [7, 11) is 0. The molecule has 0 amide bonds. The molecule has 0 unspecified atom stereocenters. The van der Waals surface area contributed by atoms with Crippen LogP contribution in [0.2, 0.25) is 0 Å². The molecule has 3 nitrogen and oxygen atoms in total. The summed E-state index contributed by atoms with van der Waals surface area (Å²) in [6, 6.07) is 14.1. The third-order valence-electron chi connectivity index (χ3n) is 3.88. The highest BCUT2D eigenvalue weighted by atomic mass is 32.2. The average molecular weight is 342 g/mol. The Balaban J connectivity index is 1.98. The number of hydrogen-bond acceptors (Lipinski definition) is 3. The van der Waals surface area contributed by atoms with E-state index >= 15 is 0 Å². The topological polar surface area (TPSA) is 34.9 Å². The second kappa shape index (κ2) is 7.62. The molecule has 0 atom stereocenters. The molecule has 0 spiro atoms. The molecule has 5 heteroatoms. The first-order chi connectivity index (χ1) is 11.7.